The summed E-state index contributed by atoms with van der Waals surface area (Å²) in [6, 6.07) is 11.0. The zero-order valence-corrected chi connectivity index (χ0v) is 11.8. The second-order valence-corrected chi connectivity index (χ2v) is 4.74. The average molecular weight is 303 g/mol. The number of aromatic nitrogens is 2. The van der Waals surface area contributed by atoms with Crippen LogP contribution in [-0.2, 0) is 0 Å². The van der Waals surface area contributed by atoms with Crippen molar-refractivity contribution in [2.75, 3.05) is 7.11 Å². The monoisotopic (exact) mass is 302 g/mol. The van der Waals surface area contributed by atoms with Crippen molar-refractivity contribution in [3.8, 4) is 11.6 Å². The number of hydrogen-bond acceptors (Lipinski definition) is 3. The Morgan fingerprint density at radius 1 is 1.33 bits per heavy atom. The molecule has 5 nitrogen and oxygen atoms in total. The minimum atomic E-state index is -1.09. The zero-order valence-electron chi connectivity index (χ0n) is 11.1. The fourth-order valence-corrected chi connectivity index (χ4v) is 2.65. The van der Waals surface area contributed by atoms with E-state index in [4.69, 9.17) is 16.3 Å². The zero-order chi connectivity index (χ0) is 15.0. The average Bonchev–Trinajstić information content (AvgIpc) is 2.79. The first-order valence-electron chi connectivity index (χ1n) is 6.16. The fraction of sp³-hybridized carbons (Fsp3) is 0.0667. The summed E-state index contributed by atoms with van der Waals surface area (Å²) in [6.45, 7) is 0. The van der Waals surface area contributed by atoms with Crippen molar-refractivity contribution in [2.45, 2.75) is 0 Å². The molecule has 3 aromatic rings. The molecule has 6 heteroatoms. The molecule has 2 aromatic heterocycles. The molecule has 1 aromatic carbocycles. The van der Waals surface area contributed by atoms with Gasteiger partial charge in [-0.2, -0.15) is 0 Å². The maximum atomic E-state index is 11.5. The van der Waals surface area contributed by atoms with E-state index in [2.05, 4.69) is 4.98 Å². The summed E-state index contributed by atoms with van der Waals surface area (Å²) < 4.78 is 6.78. The number of methoxy groups -OCH3 is 1. The number of benzene rings is 1. The molecular formula is C15H11ClN2O3. The molecule has 1 N–H and O–H groups in total. The lowest BCUT2D eigenvalue weighted by Crippen LogP contribution is -1.98. The predicted molar refractivity (Wildman–Crippen MR) is 79.6 cm³/mol. The van der Waals surface area contributed by atoms with Gasteiger partial charge in [-0.15, -0.1) is 0 Å². The number of rotatable bonds is 3. The molecule has 21 heavy (non-hydrogen) atoms. The third kappa shape index (κ3) is 2.11. The van der Waals surface area contributed by atoms with E-state index in [9.17, 15) is 9.90 Å². The molecule has 0 bridgehead atoms. The molecule has 2 heterocycles. The number of halogens is 1. The minimum Gasteiger partial charge on any atom is -0.481 e. The van der Waals surface area contributed by atoms with Gasteiger partial charge < -0.3 is 9.84 Å². The summed E-state index contributed by atoms with van der Waals surface area (Å²) in [6.07, 6.45) is 1.46. The van der Waals surface area contributed by atoms with Crippen LogP contribution < -0.4 is 4.74 Å². The van der Waals surface area contributed by atoms with E-state index in [0.717, 1.165) is 5.69 Å². The van der Waals surface area contributed by atoms with E-state index >= 15 is 0 Å². The summed E-state index contributed by atoms with van der Waals surface area (Å²) >= 11 is 6.29. The Morgan fingerprint density at radius 2 is 2.05 bits per heavy atom. The quantitative estimate of drug-likeness (QED) is 0.805. The van der Waals surface area contributed by atoms with Crippen LogP contribution in [0.5, 0.6) is 5.88 Å². The van der Waals surface area contributed by atoms with Gasteiger partial charge in [0.05, 0.1) is 12.6 Å². The SMILES string of the molecule is COc1cc2c(cn1)c(C(=O)O)c(Cl)n2-c1ccccc1. The van der Waals surface area contributed by atoms with E-state index in [1.54, 1.807) is 10.6 Å². The van der Waals surface area contributed by atoms with Gasteiger partial charge in [0.2, 0.25) is 5.88 Å². The van der Waals surface area contributed by atoms with Gasteiger partial charge in [-0.1, -0.05) is 29.8 Å². The Kier molecular flexibility index (Phi) is 3.27. The van der Waals surface area contributed by atoms with E-state index in [1.807, 2.05) is 30.3 Å². The van der Waals surface area contributed by atoms with Crippen molar-refractivity contribution >= 4 is 28.5 Å². The van der Waals surface area contributed by atoms with Crippen LogP contribution in [0.2, 0.25) is 5.15 Å². The van der Waals surface area contributed by atoms with Crippen LogP contribution in [0.1, 0.15) is 10.4 Å². The number of carbonyl (C=O) groups is 1. The van der Waals surface area contributed by atoms with E-state index < -0.39 is 5.97 Å². The van der Waals surface area contributed by atoms with Crippen LogP contribution >= 0.6 is 11.6 Å². The maximum absolute atomic E-state index is 11.5. The highest BCUT2D eigenvalue weighted by Crippen LogP contribution is 2.34. The minimum absolute atomic E-state index is 0.0330. The number of carboxylic acid groups (broad SMARTS) is 1. The smallest absolute Gasteiger partial charge is 0.339 e. The molecule has 0 spiro atoms. The number of para-hydroxylation sites is 1. The molecule has 3 rings (SSSR count). The lowest BCUT2D eigenvalue weighted by Gasteiger charge is -2.07. The van der Waals surface area contributed by atoms with Crippen LogP contribution in [0.3, 0.4) is 0 Å². The third-order valence-corrected chi connectivity index (χ3v) is 3.57. The van der Waals surface area contributed by atoms with Gasteiger partial charge in [0.1, 0.15) is 10.7 Å². The third-order valence-electron chi connectivity index (χ3n) is 3.21. The lowest BCUT2D eigenvalue weighted by molar-refractivity contribution is 0.0699. The Morgan fingerprint density at radius 3 is 2.67 bits per heavy atom. The van der Waals surface area contributed by atoms with Crippen molar-refractivity contribution in [1.29, 1.82) is 0 Å². The number of carboxylic acids is 1. The Bertz CT molecular complexity index is 828. The van der Waals surface area contributed by atoms with Crippen molar-refractivity contribution in [1.82, 2.24) is 9.55 Å². The number of fused-ring (bicyclic) bond motifs is 1. The molecule has 0 aliphatic heterocycles. The molecule has 0 amide bonds. The normalized spacial score (nSPS) is 10.8. The largest absolute Gasteiger partial charge is 0.481 e. The van der Waals surface area contributed by atoms with Crippen LogP contribution in [0.15, 0.2) is 42.6 Å². The topological polar surface area (TPSA) is 64.3 Å². The van der Waals surface area contributed by atoms with Gasteiger partial charge in [-0.3, -0.25) is 4.57 Å². The Labute approximate surface area is 125 Å². The Hall–Kier alpha value is -2.53. The van der Waals surface area contributed by atoms with Gasteiger partial charge in [0.25, 0.3) is 0 Å². The van der Waals surface area contributed by atoms with Gasteiger partial charge in [-0.05, 0) is 12.1 Å². The highest BCUT2D eigenvalue weighted by molar-refractivity contribution is 6.35. The Balaban J connectivity index is 2.42. The lowest BCUT2D eigenvalue weighted by atomic mass is 10.2. The first kappa shape index (κ1) is 13.5. The molecule has 0 radical (unpaired) electrons. The molecule has 0 aliphatic carbocycles. The molecule has 0 saturated carbocycles. The maximum Gasteiger partial charge on any atom is 0.339 e. The van der Waals surface area contributed by atoms with Crippen molar-refractivity contribution in [3.63, 3.8) is 0 Å². The molecule has 106 valence electrons. The van der Waals surface area contributed by atoms with Crippen molar-refractivity contribution < 1.29 is 14.6 Å². The highest BCUT2D eigenvalue weighted by Gasteiger charge is 2.22. The van der Waals surface area contributed by atoms with Crippen LogP contribution in [-0.4, -0.2) is 27.7 Å². The van der Waals surface area contributed by atoms with Crippen LogP contribution in [0, 0.1) is 0 Å². The second-order valence-electron chi connectivity index (χ2n) is 4.39. The van der Waals surface area contributed by atoms with E-state index in [0.29, 0.717) is 16.8 Å². The van der Waals surface area contributed by atoms with Crippen molar-refractivity contribution in [3.05, 3.63) is 53.3 Å². The van der Waals surface area contributed by atoms with Crippen molar-refractivity contribution in [2.24, 2.45) is 0 Å². The van der Waals surface area contributed by atoms with Crippen LogP contribution in [0.4, 0.5) is 0 Å². The van der Waals surface area contributed by atoms with Gasteiger partial charge in [0, 0.05) is 23.3 Å². The molecule has 0 atom stereocenters. The second kappa shape index (κ2) is 5.10. The molecule has 0 unspecified atom stereocenters. The number of pyridine rings is 1. The summed E-state index contributed by atoms with van der Waals surface area (Å²) in [4.78, 5) is 15.5. The molecular weight excluding hydrogens is 292 g/mol. The fourth-order valence-electron chi connectivity index (χ4n) is 2.28. The first-order valence-corrected chi connectivity index (χ1v) is 6.54. The van der Waals surface area contributed by atoms with Crippen LogP contribution in [0.25, 0.3) is 16.6 Å². The first-order chi connectivity index (χ1) is 10.1. The van der Waals surface area contributed by atoms with Gasteiger partial charge in [0.15, 0.2) is 0 Å². The standard InChI is InChI=1S/C15H11ClN2O3/c1-21-12-7-11-10(8-17-12)13(15(19)20)14(16)18(11)9-5-3-2-4-6-9/h2-8H,1H3,(H,19,20). The summed E-state index contributed by atoms with van der Waals surface area (Å²) in [5.41, 5.74) is 1.44. The predicted octanol–water partition coefficient (Wildman–Crippen LogP) is 3.39. The summed E-state index contributed by atoms with van der Waals surface area (Å²) in [5, 5.41) is 10.0. The number of aromatic carboxylic acids is 1. The van der Waals surface area contributed by atoms with Gasteiger partial charge in [-0.25, -0.2) is 9.78 Å². The molecule has 0 saturated heterocycles. The summed E-state index contributed by atoms with van der Waals surface area (Å²) in [7, 11) is 1.50. The van der Waals surface area contributed by atoms with Gasteiger partial charge >= 0.3 is 5.97 Å². The molecule has 0 aliphatic rings. The summed E-state index contributed by atoms with van der Waals surface area (Å²) in [5.74, 6) is -0.697. The number of nitrogens with zero attached hydrogens (tertiary/aromatic N) is 2. The number of ether oxygens (including phenoxy) is 1. The number of hydrogen-bond donors (Lipinski definition) is 1. The highest BCUT2D eigenvalue weighted by atomic mass is 35.5. The molecule has 0 fully saturated rings. The van der Waals surface area contributed by atoms with E-state index in [-0.39, 0.29) is 10.7 Å². The van der Waals surface area contributed by atoms with E-state index in [1.165, 1.54) is 13.3 Å².